The molecule has 5 nitrogen and oxygen atoms in total. The fraction of sp³-hybridized carbons (Fsp3) is 0.321. The van der Waals surface area contributed by atoms with Gasteiger partial charge in [-0.3, -0.25) is 4.90 Å². The first-order valence-corrected chi connectivity index (χ1v) is 11.6. The van der Waals surface area contributed by atoms with Gasteiger partial charge in [-0.1, -0.05) is 66.2 Å². The molecule has 3 aromatic rings. The molecule has 170 valence electrons. The molecule has 1 saturated heterocycles. The highest BCUT2D eigenvalue weighted by Gasteiger charge is 2.37. The van der Waals surface area contributed by atoms with Crippen molar-refractivity contribution in [1.29, 1.82) is 0 Å². The average molecular weight is 442 g/mol. The molecule has 0 amide bonds. The lowest BCUT2D eigenvalue weighted by Gasteiger charge is -2.33. The van der Waals surface area contributed by atoms with Crippen LogP contribution < -0.4 is 14.9 Å². The summed E-state index contributed by atoms with van der Waals surface area (Å²) in [5, 5.41) is 4.69. The van der Waals surface area contributed by atoms with E-state index in [0.717, 1.165) is 43.1 Å². The maximum absolute atomic E-state index is 6.08. The van der Waals surface area contributed by atoms with Gasteiger partial charge in [-0.2, -0.15) is 5.10 Å². The van der Waals surface area contributed by atoms with Gasteiger partial charge in [0.25, 0.3) is 0 Å². The topological polar surface area (TPSA) is 46.1 Å². The molecule has 2 unspecified atom stereocenters. The third-order valence-corrected chi connectivity index (χ3v) is 6.63. The van der Waals surface area contributed by atoms with Gasteiger partial charge in [0, 0.05) is 37.7 Å². The van der Waals surface area contributed by atoms with Gasteiger partial charge in [-0.15, -0.1) is 0 Å². The lowest BCUT2D eigenvalue weighted by atomic mass is 9.86. The van der Waals surface area contributed by atoms with Gasteiger partial charge >= 0.3 is 0 Å². The summed E-state index contributed by atoms with van der Waals surface area (Å²) < 4.78 is 11.8. The van der Waals surface area contributed by atoms with E-state index in [1.54, 1.807) is 7.11 Å². The van der Waals surface area contributed by atoms with Crippen molar-refractivity contribution in [3.05, 3.63) is 95.1 Å². The molecule has 0 bridgehead atoms. The van der Waals surface area contributed by atoms with Crippen LogP contribution in [0.2, 0.25) is 0 Å². The molecule has 5 rings (SSSR count). The Balaban J connectivity index is 1.28. The van der Waals surface area contributed by atoms with Crippen molar-refractivity contribution in [1.82, 2.24) is 10.3 Å². The third-order valence-electron chi connectivity index (χ3n) is 6.63. The van der Waals surface area contributed by atoms with Crippen molar-refractivity contribution in [2.75, 3.05) is 20.2 Å². The second-order valence-corrected chi connectivity index (χ2v) is 8.97. The van der Waals surface area contributed by atoms with Crippen molar-refractivity contribution in [2.45, 2.75) is 32.5 Å². The second-order valence-electron chi connectivity index (χ2n) is 8.97. The lowest BCUT2D eigenvalue weighted by Crippen LogP contribution is -2.41. The number of benzene rings is 3. The van der Waals surface area contributed by atoms with Crippen LogP contribution in [0.25, 0.3) is 0 Å². The smallest absolute Gasteiger partial charge is 0.161 e. The molecular formula is C28H31N3O2. The fourth-order valence-corrected chi connectivity index (χ4v) is 4.75. The number of methoxy groups -OCH3 is 1. The number of nitrogens with zero attached hydrogens (tertiary/aromatic N) is 2. The maximum atomic E-state index is 6.08. The van der Waals surface area contributed by atoms with E-state index in [4.69, 9.17) is 9.47 Å². The van der Waals surface area contributed by atoms with Crippen LogP contribution in [0.15, 0.2) is 77.9 Å². The van der Waals surface area contributed by atoms with E-state index < -0.39 is 0 Å². The SMILES string of the molecule is COc1cc(C2NN=C3CCN(Cc4ccccc4)CC32)ccc1OCc1ccc(C)cc1. The molecule has 2 atom stereocenters. The van der Waals surface area contributed by atoms with Gasteiger partial charge in [0.2, 0.25) is 0 Å². The third kappa shape index (κ3) is 4.88. The zero-order valence-electron chi connectivity index (χ0n) is 19.3. The quantitative estimate of drug-likeness (QED) is 0.554. The van der Waals surface area contributed by atoms with E-state index in [9.17, 15) is 0 Å². The summed E-state index contributed by atoms with van der Waals surface area (Å²) in [6, 6.07) is 25.5. The molecule has 0 radical (unpaired) electrons. The summed E-state index contributed by atoms with van der Waals surface area (Å²) in [6.07, 6.45) is 1.01. The number of fused-ring (bicyclic) bond motifs is 1. The predicted octanol–water partition coefficient (Wildman–Crippen LogP) is 5.11. The largest absolute Gasteiger partial charge is 0.493 e. The summed E-state index contributed by atoms with van der Waals surface area (Å²) in [7, 11) is 1.70. The number of hydrogen-bond acceptors (Lipinski definition) is 5. The Morgan fingerprint density at radius 1 is 0.970 bits per heavy atom. The molecule has 0 aliphatic carbocycles. The molecule has 2 heterocycles. The van der Waals surface area contributed by atoms with E-state index in [-0.39, 0.29) is 6.04 Å². The summed E-state index contributed by atoms with van der Waals surface area (Å²) in [5.74, 6) is 1.88. The highest BCUT2D eigenvalue weighted by Crippen LogP contribution is 2.37. The Morgan fingerprint density at radius 3 is 2.58 bits per heavy atom. The highest BCUT2D eigenvalue weighted by atomic mass is 16.5. The van der Waals surface area contributed by atoms with Crippen molar-refractivity contribution in [3.63, 3.8) is 0 Å². The van der Waals surface area contributed by atoms with Crippen molar-refractivity contribution < 1.29 is 9.47 Å². The van der Waals surface area contributed by atoms with Gasteiger partial charge in [-0.05, 0) is 35.7 Å². The summed E-state index contributed by atoms with van der Waals surface area (Å²) in [6.45, 7) is 5.63. The zero-order valence-corrected chi connectivity index (χ0v) is 19.3. The standard InChI is InChI=1S/C28H31N3O2/c1-20-8-10-22(11-9-20)19-33-26-13-12-23(16-27(26)32-2)28-24-18-31(15-14-25(24)29-30-28)17-21-6-4-3-5-7-21/h3-13,16,24,28,30H,14-15,17-19H2,1-2H3. The number of aryl methyl sites for hydroxylation is 1. The monoisotopic (exact) mass is 441 g/mol. The number of likely N-dealkylation sites (tertiary alicyclic amines) is 1. The lowest BCUT2D eigenvalue weighted by molar-refractivity contribution is 0.220. The number of rotatable bonds is 7. The van der Waals surface area contributed by atoms with E-state index >= 15 is 0 Å². The van der Waals surface area contributed by atoms with Gasteiger partial charge < -0.3 is 14.9 Å². The maximum Gasteiger partial charge on any atom is 0.161 e. The van der Waals surface area contributed by atoms with Crippen molar-refractivity contribution in [3.8, 4) is 11.5 Å². The molecule has 1 N–H and O–H groups in total. The molecule has 5 heteroatoms. The van der Waals surface area contributed by atoms with Crippen LogP contribution in [-0.2, 0) is 13.2 Å². The molecular weight excluding hydrogens is 410 g/mol. The predicted molar refractivity (Wildman–Crippen MR) is 132 cm³/mol. The summed E-state index contributed by atoms with van der Waals surface area (Å²) in [5.41, 5.74) is 9.61. The van der Waals surface area contributed by atoms with Gasteiger partial charge in [0.05, 0.1) is 13.2 Å². The molecule has 0 spiro atoms. The van der Waals surface area contributed by atoms with Crippen LogP contribution in [0.3, 0.4) is 0 Å². The van der Waals surface area contributed by atoms with Crippen LogP contribution in [0, 0.1) is 12.8 Å². The first-order valence-electron chi connectivity index (χ1n) is 11.6. The zero-order chi connectivity index (χ0) is 22.6. The van der Waals surface area contributed by atoms with Crippen LogP contribution in [0.5, 0.6) is 11.5 Å². The van der Waals surface area contributed by atoms with E-state index in [1.807, 2.05) is 6.07 Å². The number of ether oxygens (including phenoxy) is 2. The minimum atomic E-state index is 0.152. The number of piperidine rings is 1. The molecule has 2 aliphatic heterocycles. The molecule has 3 aromatic carbocycles. The summed E-state index contributed by atoms with van der Waals surface area (Å²) >= 11 is 0. The molecule has 1 fully saturated rings. The van der Waals surface area contributed by atoms with Crippen molar-refractivity contribution in [2.24, 2.45) is 11.0 Å². The Bertz CT molecular complexity index is 1110. The van der Waals surface area contributed by atoms with Crippen LogP contribution >= 0.6 is 0 Å². The second kappa shape index (κ2) is 9.67. The highest BCUT2D eigenvalue weighted by molar-refractivity contribution is 5.90. The molecule has 2 aliphatic rings. The molecule has 0 saturated carbocycles. The Hall–Kier alpha value is -3.31. The van der Waals surface area contributed by atoms with E-state index in [0.29, 0.717) is 12.5 Å². The van der Waals surface area contributed by atoms with Gasteiger partial charge in [-0.25, -0.2) is 0 Å². The first-order chi connectivity index (χ1) is 16.2. The van der Waals surface area contributed by atoms with E-state index in [2.05, 4.69) is 89.1 Å². The Labute approximate surface area is 196 Å². The Morgan fingerprint density at radius 2 is 1.79 bits per heavy atom. The fourth-order valence-electron chi connectivity index (χ4n) is 4.75. The van der Waals surface area contributed by atoms with Gasteiger partial charge in [0.15, 0.2) is 11.5 Å². The van der Waals surface area contributed by atoms with Crippen LogP contribution in [0.1, 0.15) is 34.7 Å². The number of hydrogen-bond donors (Lipinski definition) is 1. The van der Waals surface area contributed by atoms with Crippen LogP contribution in [0.4, 0.5) is 0 Å². The minimum Gasteiger partial charge on any atom is -0.493 e. The normalized spacial score (nSPS) is 20.0. The van der Waals surface area contributed by atoms with Crippen molar-refractivity contribution >= 4 is 5.71 Å². The average Bonchev–Trinajstić information content (AvgIpc) is 3.27. The van der Waals surface area contributed by atoms with Crippen LogP contribution in [-0.4, -0.2) is 30.8 Å². The van der Waals surface area contributed by atoms with Gasteiger partial charge in [0.1, 0.15) is 6.61 Å². The summed E-state index contributed by atoms with van der Waals surface area (Å²) in [4.78, 5) is 2.54. The molecule has 33 heavy (non-hydrogen) atoms. The Kier molecular flexibility index (Phi) is 6.31. The first kappa shape index (κ1) is 21.5. The van der Waals surface area contributed by atoms with E-state index in [1.165, 1.54) is 22.4 Å². The minimum absolute atomic E-state index is 0.152. The number of hydrazone groups is 1. The molecule has 0 aromatic heterocycles. The number of nitrogens with one attached hydrogen (secondary N) is 1.